The van der Waals surface area contributed by atoms with E-state index in [1.165, 1.54) is 12.3 Å². The van der Waals surface area contributed by atoms with Crippen molar-refractivity contribution in [2.45, 2.75) is 19.5 Å². The molecule has 0 aliphatic carbocycles. The molecule has 1 amide bonds. The smallest absolute Gasteiger partial charge is 0.221 e. The zero-order valence-corrected chi connectivity index (χ0v) is 11.4. The first-order valence-corrected chi connectivity index (χ1v) is 7.68. The molecule has 19 heavy (non-hydrogen) atoms. The van der Waals surface area contributed by atoms with Crippen molar-refractivity contribution in [3.8, 4) is 0 Å². The molecule has 0 fully saturated rings. The molecule has 0 saturated carbocycles. The Morgan fingerprint density at radius 2 is 2.11 bits per heavy atom. The second-order valence-electron chi connectivity index (χ2n) is 4.48. The van der Waals surface area contributed by atoms with E-state index in [9.17, 15) is 13.2 Å². The van der Waals surface area contributed by atoms with Crippen LogP contribution < -0.4 is 10.6 Å². The third kappa shape index (κ3) is 3.90. The zero-order chi connectivity index (χ0) is 13.9. The molecule has 1 aromatic carbocycles. The Morgan fingerprint density at radius 3 is 2.74 bits per heavy atom. The maximum atomic E-state index is 11.3. The molecule has 0 aromatic heterocycles. The predicted molar refractivity (Wildman–Crippen MR) is 74.3 cm³/mol. The van der Waals surface area contributed by atoms with Crippen molar-refractivity contribution in [2.75, 3.05) is 11.1 Å². The van der Waals surface area contributed by atoms with E-state index in [1.807, 2.05) is 24.3 Å². The molecule has 5 nitrogen and oxygen atoms in total. The lowest BCUT2D eigenvalue weighted by Gasteiger charge is -2.13. The Bertz CT molecular complexity index is 608. The highest BCUT2D eigenvalue weighted by Crippen LogP contribution is 2.16. The summed E-state index contributed by atoms with van der Waals surface area (Å²) in [6.45, 7) is 1.96. The molecule has 1 aliphatic rings. The van der Waals surface area contributed by atoms with Crippen molar-refractivity contribution < 1.29 is 13.2 Å². The number of rotatable bonds is 4. The van der Waals surface area contributed by atoms with E-state index in [2.05, 4.69) is 10.6 Å². The predicted octanol–water partition coefficient (Wildman–Crippen LogP) is 1.05. The normalized spacial score (nSPS) is 20.4. The molecule has 0 spiro atoms. The van der Waals surface area contributed by atoms with Crippen molar-refractivity contribution >= 4 is 21.4 Å². The second-order valence-corrected chi connectivity index (χ2v) is 6.42. The van der Waals surface area contributed by atoms with Crippen LogP contribution in [0.25, 0.3) is 0 Å². The van der Waals surface area contributed by atoms with E-state index in [1.54, 1.807) is 6.08 Å². The number of hydrogen-bond acceptors (Lipinski definition) is 4. The first-order valence-electron chi connectivity index (χ1n) is 5.96. The van der Waals surface area contributed by atoms with Gasteiger partial charge in [0.25, 0.3) is 0 Å². The monoisotopic (exact) mass is 280 g/mol. The van der Waals surface area contributed by atoms with Gasteiger partial charge in [0, 0.05) is 30.6 Å². The van der Waals surface area contributed by atoms with Crippen LogP contribution in [0.2, 0.25) is 0 Å². The minimum Gasteiger partial charge on any atom is -0.326 e. The van der Waals surface area contributed by atoms with Gasteiger partial charge in [0.15, 0.2) is 9.84 Å². The van der Waals surface area contributed by atoms with Crippen LogP contribution in [-0.2, 0) is 21.2 Å². The Hall–Kier alpha value is -1.66. The molecule has 1 aliphatic heterocycles. The number of carbonyl (C=O) groups excluding carboxylic acids is 1. The number of sulfone groups is 1. The lowest BCUT2D eigenvalue weighted by atomic mass is 10.1. The number of nitrogens with one attached hydrogen (secondary N) is 2. The molecular weight excluding hydrogens is 264 g/mol. The summed E-state index contributed by atoms with van der Waals surface area (Å²) < 4.78 is 22.6. The summed E-state index contributed by atoms with van der Waals surface area (Å²) >= 11 is 0. The van der Waals surface area contributed by atoms with Crippen LogP contribution in [0.15, 0.2) is 35.7 Å². The molecule has 1 unspecified atom stereocenters. The van der Waals surface area contributed by atoms with Crippen LogP contribution in [0, 0.1) is 0 Å². The first kappa shape index (κ1) is 13.8. The van der Waals surface area contributed by atoms with E-state index in [0.29, 0.717) is 6.54 Å². The van der Waals surface area contributed by atoms with Crippen LogP contribution in [0.4, 0.5) is 5.69 Å². The summed E-state index contributed by atoms with van der Waals surface area (Å²) in [6, 6.07) is 7.26. The van der Waals surface area contributed by atoms with Gasteiger partial charge < -0.3 is 10.6 Å². The van der Waals surface area contributed by atoms with Crippen LogP contribution >= 0.6 is 0 Å². The molecule has 2 rings (SSSR count). The van der Waals surface area contributed by atoms with Crippen molar-refractivity contribution in [3.63, 3.8) is 0 Å². The van der Waals surface area contributed by atoms with Gasteiger partial charge in [-0.25, -0.2) is 8.42 Å². The minimum atomic E-state index is -3.04. The van der Waals surface area contributed by atoms with Crippen molar-refractivity contribution in [3.05, 3.63) is 41.3 Å². The summed E-state index contributed by atoms with van der Waals surface area (Å²) in [5.41, 5.74) is 1.67. The maximum Gasteiger partial charge on any atom is 0.221 e. The summed E-state index contributed by atoms with van der Waals surface area (Å²) in [6.07, 6.45) is 1.65. The Balaban J connectivity index is 2.00. The van der Waals surface area contributed by atoms with Gasteiger partial charge in [-0.1, -0.05) is 24.3 Å². The van der Waals surface area contributed by atoms with Crippen molar-refractivity contribution in [1.29, 1.82) is 0 Å². The fourth-order valence-electron chi connectivity index (χ4n) is 1.93. The molecule has 2 N–H and O–H groups in total. The number of benzene rings is 1. The molecule has 1 atom stereocenters. The Morgan fingerprint density at radius 1 is 1.37 bits per heavy atom. The molecule has 1 aromatic rings. The summed E-state index contributed by atoms with van der Waals surface area (Å²) in [4.78, 5) is 11.1. The number of para-hydroxylation sites is 1. The van der Waals surface area contributed by atoms with E-state index in [4.69, 9.17) is 0 Å². The molecule has 1 heterocycles. The molecule has 6 heteroatoms. The highest BCUT2D eigenvalue weighted by Gasteiger charge is 2.21. The topological polar surface area (TPSA) is 75.3 Å². The van der Waals surface area contributed by atoms with Gasteiger partial charge in [0.2, 0.25) is 5.91 Å². The maximum absolute atomic E-state index is 11.3. The lowest BCUT2D eigenvalue weighted by Crippen LogP contribution is -2.29. The molecule has 102 valence electrons. The standard InChI is InChI=1S/C13H16N2O3S/c1-10(16)15-13-5-3-2-4-11(13)8-14-12-6-7-19(17,18)9-12/h2-7,12,14H,8-9H2,1H3,(H,15,16). The quantitative estimate of drug-likeness (QED) is 0.864. The molecule has 0 saturated heterocycles. The minimum absolute atomic E-state index is 0.0926. The molecule has 0 radical (unpaired) electrons. The number of carbonyl (C=O) groups is 1. The van der Waals surface area contributed by atoms with Gasteiger partial charge in [-0.15, -0.1) is 0 Å². The SMILES string of the molecule is CC(=O)Nc1ccccc1CNC1C=CS(=O)(=O)C1. The molecular formula is C13H16N2O3S. The van der Waals surface area contributed by atoms with Gasteiger partial charge in [0.1, 0.15) is 0 Å². The van der Waals surface area contributed by atoms with E-state index >= 15 is 0 Å². The highest BCUT2D eigenvalue weighted by atomic mass is 32.2. The summed E-state index contributed by atoms with van der Waals surface area (Å²) in [5, 5.41) is 7.14. The van der Waals surface area contributed by atoms with E-state index < -0.39 is 9.84 Å². The highest BCUT2D eigenvalue weighted by molar-refractivity contribution is 7.94. The van der Waals surface area contributed by atoms with E-state index in [-0.39, 0.29) is 17.7 Å². The number of hydrogen-bond donors (Lipinski definition) is 2. The Labute approximate surface area is 112 Å². The van der Waals surface area contributed by atoms with Crippen molar-refractivity contribution in [1.82, 2.24) is 5.32 Å². The average Bonchev–Trinajstić information content (AvgIpc) is 2.67. The zero-order valence-electron chi connectivity index (χ0n) is 10.6. The van der Waals surface area contributed by atoms with Crippen LogP contribution in [-0.4, -0.2) is 26.1 Å². The fraction of sp³-hybridized carbons (Fsp3) is 0.308. The summed E-state index contributed by atoms with van der Waals surface area (Å²) in [7, 11) is -3.04. The third-order valence-electron chi connectivity index (χ3n) is 2.81. The van der Waals surface area contributed by atoms with Crippen molar-refractivity contribution in [2.24, 2.45) is 0 Å². The molecule has 0 bridgehead atoms. The Kier molecular flexibility index (Phi) is 4.01. The second kappa shape index (κ2) is 5.54. The van der Waals surface area contributed by atoms with Crippen LogP contribution in [0.3, 0.4) is 0 Å². The fourth-order valence-corrected chi connectivity index (χ4v) is 3.20. The number of anilines is 1. The van der Waals surface area contributed by atoms with Gasteiger partial charge in [-0.3, -0.25) is 4.79 Å². The lowest BCUT2D eigenvalue weighted by molar-refractivity contribution is -0.114. The number of amides is 1. The van der Waals surface area contributed by atoms with Gasteiger partial charge in [0.05, 0.1) is 5.75 Å². The van der Waals surface area contributed by atoms with E-state index in [0.717, 1.165) is 11.3 Å². The van der Waals surface area contributed by atoms with Gasteiger partial charge in [-0.2, -0.15) is 0 Å². The van der Waals surface area contributed by atoms with Gasteiger partial charge >= 0.3 is 0 Å². The third-order valence-corrected chi connectivity index (χ3v) is 4.21. The van der Waals surface area contributed by atoms with Crippen LogP contribution in [0.5, 0.6) is 0 Å². The first-order chi connectivity index (χ1) is 8.96. The van der Waals surface area contributed by atoms with Crippen LogP contribution in [0.1, 0.15) is 12.5 Å². The van der Waals surface area contributed by atoms with Gasteiger partial charge in [-0.05, 0) is 11.6 Å². The largest absolute Gasteiger partial charge is 0.326 e. The summed E-state index contributed by atoms with van der Waals surface area (Å²) in [5.74, 6) is -0.0363. The average molecular weight is 280 g/mol.